The summed E-state index contributed by atoms with van der Waals surface area (Å²) in [5.41, 5.74) is 1.55. The number of nitrogens with zero attached hydrogens (tertiary/aromatic N) is 3. The number of benzene rings is 1. The van der Waals surface area contributed by atoms with Crippen LogP contribution in [-0.4, -0.2) is 65.0 Å². The molecule has 0 saturated carbocycles. The van der Waals surface area contributed by atoms with Crippen LogP contribution in [0.2, 0.25) is 0 Å². The molecule has 2 fully saturated rings. The van der Waals surface area contributed by atoms with Crippen LogP contribution in [0.15, 0.2) is 30.0 Å². The van der Waals surface area contributed by atoms with Crippen molar-refractivity contribution >= 4 is 22.4 Å². The molecule has 2 aliphatic heterocycles. The first-order valence-corrected chi connectivity index (χ1v) is 10.2. The normalized spacial score (nSPS) is 28.7. The van der Waals surface area contributed by atoms with E-state index in [9.17, 15) is 5.11 Å². The van der Waals surface area contributed by atoms with E-state index >= 15 is 0 Å². The van der Waals surface area contributed by atoms with E-state index in [2.05, 4.69) is 15.3 Å². The number of thiazole rings is 1. The van der Waals surface area contributed by atoms with Gasteiger partial charge in [0, 0.05) is 30.3 Å². The lowest BCUT2D eigenvalue weighted by atomic mass is 9.95. The van der Waals surface area contributed by atoms with Gasteiger partial charge in [0.15, 0.2) is 17.8 Å². The smallest absolute Gasteiger partial charge is 0.181 e. The standard InChI is InChI=1S/C19H22N4O5S/c1-25-12-5-10-11(6-13(12)26-2)23(9-22-10)17-18(24)16(14-8-27-19(17)28-14)21-7-15-20-3-4-29-15/h3-6,9,14,16-19,21,24H,7-8H2,1-2H3. The van der Waals surface area contributed by atoms with Gasteiger partial charge in [0.2, 0.25) is 0 Å². The van der Waals surface area contributed by atoms with E-state index in [0.29, 0.717) is 24.7 Å². The van der Waals surface area contributed by atoms with Crippen molar-refractivity contribution in [2.24, 2.45) is 0 Å². The Hall–Kier alpha value is -2.24. The molecule has 154 valence electrons. The number of nitrogens with one attached hydrogen (secondary N) is 1. The van der Waals surface area contributed by atoms with Crippen molar-refractivity contribution in [2.45, 2.75) is 37.1 Å². The maximum Gasteiger partial charge on any atom is 0.181 e. The molecule has 2 bridgehead atoms. The van der Waals surface area contributed by atoms with Gasteiger partial charge in [-0.05, 0) is 0 Å². The highest BCUT2D eigenvalue weighted by Crippen LogP contribution is 2.39. The summed E-state index contributed by atoms with van der Waals surface area (Å²) in [5.74, 6) is 1.20. The fourth-order valence-corrected chi connectivity index (χ4v) is 4.65. The predicted octanol–water partition coefficient (Wildman–Crippen LogP) is 1.33. The van der Waals surface area contributed by atoms with E-state index in [1.165, 1.54) is 0 Å². The van der Waals surface area contributed by atoms with E-state index in [0.717, 1.165) is 16.0 Å². The minimum Gasteiger partial charge on any atom is -0.493 e. The molecule has 5 unspecified atom stereocenters. The molecule has 2 saturated heterocycles. The summed E-state index contributed by atoms with van der Waals surface area (Å²) in [6.45, 7) is 0.990. The van der Waals surface area contributed by atoms with Crippen LogP contribution in [0.4, 0.5) is 0 Å². The molecule has 0 radical (unpaired) electrons. The fourth-order valence-electron chi connectivity index (χ4n) is 4.09. The molecule has 0 aliphatic carbocycles. The summed E-state index contributed by atoms with van der Waals surface area (Å²) >= 11 is 1.57. The summed E-state index contributed by atoms with van der Waals surface area (Å²) in [7, 11) is 3.18. The van der Waals surface area contributed by atoms with Crippen LogP contribution >= 0.6 is 11.3 Å². The Balaban J connectivity index is 1.48. The number of aliphatic hydroxyl groups excluding tert-OH is 1. The van der Waals surface area contributed by atoms with Crippen LogP contribution in [0, 0.1) is 0 Å². The second-order valence-corrected chi connectivity index (χ2v) is 8.02. The third kappa shape index (κ3) is 3.17. The van der Waals surface area contributed by atoms with Gasteiger partial charge < -0.3 is 33.9 Å². The van der Waals surface area contributed by atoms with Crippen molar-refractivity contribution in [1.29, 1.82) is 0 Å². The van der Waals surface area contributed by atoms with E-state index in [1.807, 2.05) is 22.1 Å². The van der Waals surface area contributed by atoms with Crippen LogP contribution in [0.1, 0.15) is 11.0 Å². The highest BCUT2D eigenvalue weighted by Gasteiger charge is 2.51. The molecule has 29 heavy (non-hydrogen) atoms. The van der Waals surface area contributed by atoms with Crippen molar-refractivity contribution in [1.82, 2.24) is 19.9 Å². The third-order valence-electron chi connectivity index (χ3n) is 5.50. The maximum absolute atomic E-state index is 11.3. The zero-order valence-corrected chi connectivity index (χ0v) is 16.8. The summed E-state index contributed by atoms with van der Waals surface area (Å²) in [4.78, 5) is 8.78. The van der Waals surface area contributed by atoms with Crippen molar-refractivity contribution in [3.05, 3.63) is 35.0 Å². The molecule has 2 N–H and O–H groups in total. The SMILES string of the molecule is COc1cc2ncn(C3C4OCC(O4)C(NCc4nccs4)C3O)c2cc1OC. The molecule has 3 aromatic rings. The van der Waals surface area contributed by atoms with Gasteiger partial charge >= 0.3 is 0 Å². The lowest BCUT2D eigenvalue weighted by Crippen LogP contribution is -2.57. The fraction of sp³-hybridized carbons (Fsp3) is 0.474. The highest BCUT2D eigenvalue weighted by atomic mass is 32.1. The van der Waals surface area contributed by atoms with Crippen molar-refractivity contribution in [3.8, 4) is 11.5 Å². The predicted molar refractivity (Wildman–Crippen MR) is 105 cm³/mol. The molecule has 0 spiro atoms. The number of hydrogen-bond donors (Lipinski definition) is 2. The van der Waals surface area contributed by atoms with Crippen LogP contribution < -0.4 is 14.8 Å². The van der Waals surface area contributed by atoms with E-state index in [4.69, 9.17) is 18.9 Å². The van der Waals surface area contributed by atoms with Gasteiger partial charge in [0.1, 0.15) is 17.2 Å². The quantitative estimate of drug-likeness (QED) is 0.619. The van der Waals surface area contributed by atoms with Gasteiger partial charge in [0.25, 0.3) is 0 Å². The zero-order valence-electron chi connectivity index (χ0n) is 16.0. The molecule has 10 heteroatoms. The van der Waals surface area contributed by atoms with Crippen LogP contribution in [0.3, 0.4) is 0 Å². The van der Waals surface area contributed by atoms with Crippen molar-refractivity contribution in [3.63, 3.8) is 0 Å². The van der Waals surface area contributed by atoms with Crippen LogP contribution in [0.25, 0.3) is 11.0 Å². The van der Waals surface area contributed by atoms with Crippen LogP contribution in [-0.2, 0) is 16.0 Å². The number of methoxy groups -OCH3 is 2. The first-order valence-electron chi connectivity index (χ1n) is 9.35. The number of imidazole rings is 1. The zero-order chi connectivity index (χ0) is 20.0. The molecule has 5 rings (SSSR count). The maximum atomic E-state index is 11.3. The Morgan fingerprint density at radius 2 is 2.10 bits per heavy atom. The Morgan fingerprint density at radius 1 is 1.28 bits per heavy atom. The van der Waals surface area contributed by atoms with Gasteiger partial charge in [-0.2, -0.15) is 0 Å². The summed E-state index contributed by atoms with van der Waals surface area (Å²) in [6, 6.07) is 2.93. The third-order valence-corrected chi connectivity index (χ3v) is 6.28. The monoisotopic (exact) mass is 418 g/mol. The largest absolute Gasteiger partial charge is 0.493 e. The lowest BCUT2D eigenvalue weighted by molar-refractivity contribution is -0.164. The molecule has 5 atom stereocenters. The summed E-state index contributed by atoms with van der Waals surface area (Å²) in [5, 5.41) is 17.5. The van der Waals surface area contributed by atoms with Crippen LogP contribution in [0.5, 0.6) is 11.5 Å². The number of ether oxygens (including phenoxy) is 4. The number of rotatable bonds is 6. The van der Waals surface area contributed by atoms with Crippen molar-refractivity contribution in [2.75, 3.05) is 20.8 Å². The molecule has 2 aromatic heterocycles. The number of hydrogen-bond acceptors (Lipinski definition) is 9. The van der Waals surface area contributed by atoms with Gasteiger partial charge in [-0.15, -0.1) is 11.3 Å². The first-order chi connectivity index (χ1) is 14.2. The van der Waals surface area contributed by atoms with Gasteiger partial charge in [0.05, 0.1) is 50.3 Å². The second-order valence-electron chi connectivity index (χ2n) is 7.04. The number of aliphatic hydroxyl groups is 1. The van der Waals surface area contributed by atoms with E-state index in [-0.39, 0.29) is 12.1 Å². The Labute approximate surface area is 171 Å². The minimum absolute atomic E-state index is 0.212. The average molecular weight is 418 g/mol. The minimum atomic E-state index is -0.730. The molecule has 2 aliphatic rings. The summed E-state index contributed by atoms with van der Waals surface area (Å²) < 4.78 is 24.6. The molecular weight excluding hydrogens is 396 g/mol. The lowest BCUT2D eigenvalue weighted by Gasteiger charge is -2.39. The van der Waals surface area contributed by atoms with Gasteiger partial charge in [-0.25, -0.2) is 9.97 Å². The first kappa shape index (κ1) is 18.8. The number of fused-ring (bicyclic) bond motifs is 3. The van der Waals surface area contributed by atoms with E-state index < -0.39 is 18.4 Å². The van der Waals surface area contributed by atoms with Gasteiger partial charge in [-0.3, -0.25) is 0 Å². The Bertz CT molecular complexity index is 994. The molecular formula is C19H22N4O5S. The molecule has 9 nitrogen and oxygen atoms in total. The van der Waals surface area contributed by atoms with Gasteiger partial charge in [-0.1, -0.05) is 0 Å². The topological polar surface area (TPSA) is 99.9 Å². The Kier molecular flexibility index (Phi) is 4.88. The average Bonchev–Trinajstić information content (AvgIpc) is 3.48. The second kappa shape index (κ2) is 7.54. The Morgan fingerprint density at radius 3 is 2.86 bits per heavy atom. The highest BCUT2D eigenvalue weighted by molar-refractivity contribution is 7.09. The summed E-state index contributed by atoms with van der Waals surface area (Å²) in [6.07, 6.45) is 1.98. The van der Waals surface area contributed by atoms with Crippen molar-refractivity contribution < 1.29 is 24.1 Å². The number of aromatic nitrogens is 3. The molecule has 0 amide bonds. The molecule has 1 aromatic carbocycles. The van der Waals surface area contributed by atoms with E-state index in [1.54, 1.807) is 38.1 Å². The molecule has 4 heterocycles.